The van der Waals surface area contributed by atoms with Crippen molar-refractivity contribution in [1.82, 2.24) is 9.88 Å². The van der Waals surface area contributed by atoms with Gasteiger partial charge in [-0.05, 0) is 32.0 Å². The van der Waals surface area contributed by atoms with Crippen LogP contribution in [0.25, 0.3) is 0 Å². The fourth-order valence-corrected chi connectivity index (χ4v) is 1.97. The van der Waals surface area contributed by atoms with Crippen LogP contribution in [0.4, 0.5) is 0 Å². The normalized spacial score (nSPS) is 10.7. The van der Waals surface area contributed by atoms with E-state index < -0.39 is 0 Å². The summed E-state index contributed by atoms with van der Waals surface area (Å²) in [5.74, 6) is 6.73. The molecule has 1 aromatic heterocycles. The molecule has 1 saturated heterocycles. The van der Waals surface area contributed by atoms with Crippen LogP contribution in [0.15, 0.2) is 31.0 Å². The van der Waals surface area contributed by atoms with Crippen molar-refractivity contribution in [3.8, 4) is 17.6 Å². The molecule has 0 atom stereocenters. The topological polar surface area (TPSA) is 62.3 Å². The Bertz CT molecular complexity index is 561. The minimum atomic E-state index is 0.333. The van der Waals surface area contributed by atoms with Crippen LogP contribution in [0.3, 0.4) is 0 Å². The molecule has 0 unspecified atom stereocenters. The number of pyridine rings is 1. The summed E-state index contributed by atoms with van der Waals surface area (Å²) in [7, 11) is 10.3. The highest BCUT2D eigenvalue weighted by atomic mass is 16.5. The lowest BCUT2D eigenvalue weighted by Crippen LogP contribution is -2.49. The minimum absolute atomic E-state index is 0.333. The number of likely N-dealkylation sites (N-methyl/N-ethyl adjacent to an activating group) is 1. The van der Waals surface area contributed by atoms with E-state index in [1.54, 1.807) is 47.8 Å². The van der Waals surface area contributed by atoms with Crippen LogP contribution >= 0.6 is 0 Å². The molecule has 1 aromatic rings. The maximum atomic E-state index is 5.59. The van der Waals surface area contributed by atoms with Gasteiger partial charge in [-0.1, -0.05) is 60.0 Å². The molecular weight excluding hydrogens is 468 g/mol. The number of likely N-dealkylation sites (tertiary alicyclic amines) is 1. The van der Waals surface area contributed by atoms with Crippen molar-refractivity contribution < 1.29 is 23.7 Å². The van der Waals surface area contributed by atoms with Gasteiger partial charge in [-0.2, -0.15) is 0 Å². The first-order valence-corrected chi connectivity index (χ1v) is 13.2. The second kappa shape index (κ2) is 44.1. The van der Waals surface area contributed by atoms with Gasteiger partial charge >= 0.3 is 0 Å². The van der Waals surface area contributed by atoms with Gasteiger partial charge in [0.25, 0.3) is 0 Å². The van der Waals surface area contributed by atoms with E-state index in [1.165, 1.54) is 6.42 Å². The smallest absolute Gasteiger partial charge is 0.137 e. The van der Waals surface area contributed by atoms with E-state index in [-0.39, 0.29) is 0 Å². The third kappa shape index (κ3) is 41.4. The number of aromatic nitrogens is 1. The molecule has 7 nitrogen and oxygen atoms in total. The molecule has 2 rings (SSSR count). The van der Waals surface area contributed by atoms with E-state index in [0.717, 1.165) is 31.0 Å². The summed E-state index contributed by atoms with van der Waals surface area (Å²) in [6.45, 7) is 21.3. The second-order valence-corrected chi connectivity index (χ2v) is 6.96. The first-order valence-electron chi connectivity index (χ1n) is 13.2. The molecule has 0 aliphatic carbocycles. The lowest BCUT2D eigenvalue weighted by molar-refractivity contribution is -0.0294. The summed E-state index contributed by atoms with van der Waals surface area (Å²) in [5.41, 5.74) is 0.730. The summed E-state index contributed by atoms with van der Waals surface area (Å²) in [6.07, 6.45) is 5.89. The number of hydrogen-bond acceptors (Lipinski definition) is 7. The Morgan fingerprint density at radius 2 is 1.49 bits per heavy atom. The van der Waals surface area contributed by atoms with Crippen LogP contribution in [-0.4, -0.2) is 91.5 Å². The number of ether oxygens (including phenoxy) is 5. The SMILES string of the molecule is C=CC.CC.CC.CCC.COC.COC.COCCCOc1ccc(C#CCOC2CN(C)C2)nc1. The third-order valence-electron chi connectivity index (χ3n) is 3.14. The summed E-state index contributed by atoms with van der Waals surface area (Å²) in [5, 5.41) is 0. The third-order valence-corrected chi connectivity index (χ3v) is 3.14. The van der Waals surface area contributed by atoms with Crippen molar-refractivity contribution in [3.63, 3.8) is 0 Å². The Morgan fingerprint density at radius 1 is 1.00 bits per heavy atom. The Hall–Kier alpha value is -1.95. The predicted molar refractivity (Wildman–Crippen MR) is 161 cm³/mol. The van der Waals surface area contributed by atoms with Crippen molar-refractivity contribution in [2.45, 2.75) is 67.4 Å². The van der Waals surface area contributed by atoms with Gasteiger partial charge in [-0.25, -0.2) is 4.98 Å². The van der Waals surface area contributed by atoms with Crippen molar-refractivity contribution >= 4 is 0 Å². The van der Waals surface area contributed by atoms with Gasteiger partial charge in [0.05, 0.1) is 18.9 Å². The monoisotopic (exact) mass is 528 g/mol. The molecule has 1 aliphatic rings. The van der Waals surface area contributed by atoms with Gasteiger partial charge in [0.1, 0.15) is 18.1 Å². The zero-order valence-corrected chi connectivity index (χ0v) is 26.5. The van der Waals surface area contributed by atoms with Crippen molar-refractivity contribution in [3.05, 3.63) is 36.7 Å². The molecule has 0 saturated carbocycles. The van der Waals surface area contributed by atoms with E-state index in [1.807, 2.05) is 46.8 Å². The van der Waals surface area contributed by atoms with Gasteiger partial charge in [0.15, 0.2) is 0 Å². The highest BCUT2D eigenvalue weighted by Crippen LogP contribution is 2.09. The minimum Gasteiger partial charge on any atom is -0.492 e. The van der Waals surface area contributed by atoms with Crippen LogP contribution in [-0.2, 0) is 18.9 Å². The predicted octanol–water partition coefficient (Wildman–Crippen LogP) is 6.37. The Balaban J connectivity index is -0.000000178. The average Bonchev–Trinajstić information content (AvgIpc) is 2.88. The van der Waals surface area contributed by atoms with Gasteiger partial charge < -0.3 is 28.6 Å². The first-order chi connectivity index (χ1) is 17.9. The zero-order valence-electron chi connectivity index (χ0n) is 26.5. The molecule has 0 aromatic carbocycles. The lowest BCUT2D eigenvalue weighted by atomic mass is 10.2. The summed E-state index contributed by atoms with van der Waals surface area (Å²) in [4.78, 5) is 6.46. The number of nitrogens with zero attached hydrogens (tertiary/aromatic N) is 2. The standard InChI is InChI=1S/C16H22N2O3.C3H8.C3H6.2C2H6O.2C2H6/c1-18-12-16(13-18)21-9-3-5-14-6-7-15(11-17-14)20-10-4-8-19-2;4*1-3-2;2*1-2/h6-7,11,16H,4,8-10,12-13H2,1-2H3;3H2,1-2H3;3H,1H2,2H3;2*1-2H3;2*1-2H3. The Labute approximate surface area is 230 Å². The largest absolute Gasteiger partial charge is 0.492 e. The summed E-state index contributed by atoms with van der Waals surface area (Å²) in [6, 6.07) is 3.74. The molecule has 0 N–H and O–H groups in total. The number of hydrogen-bond donors (Lipinski definition) is 0. The van der Waals surface area contributed by atoms with Crippen molar-refractivity contribution in [2.24, 2.45) is 0 Å². The van der Waals surface area contributed by atoms with Crippen LogP contribution in [0.5, 0.6) is 5.75 Å². The highest BCUT2D eigenvalue weighted by molar-refractivity contribution is 5.31. The molecule has 0 bridgehead atoms. The number of methoxy groups -OCH3 is 3. The quantitative estimate of drug-likeness (QED) is 0.232. The van der Waals surface area contributed by atoms with E-state index in [4.69, 9.17) is 14.2 Å². The van der Waals surface area contributed by atoms with Crippen LogP contribution in [0.2, 0.25) is 0 Å². The number of allylic oxidation sites excluding steroid dienone is 1. The van der Waals surface area contributed by atoms with Crippen LogP contribution < -0.4 is 4.74 Å². The highest BCUT2D eigenvalue weighted by Gasteiger charge is 2.22. The van der Waals surface area contributed by atoms with Crippen LogP contribution in [0, 0.1) is 11.8 Å². The molecule has 0 spiro atoms. The van der Waals surface area contributed by atoms with E-state index in [9.17, 15) is 0 Å². The van der Waals surface area contributed by atoms with E-state index in [2.05, 4.69) is 58.7 Å². The molecule has 7 heteroatoms. The summed E-state index contributed by atoms with van der Waals surface area (Å²) >= 11 is 0. The van der Waals surface area contributed by atoms with Gasteiger partial charge in [0, 0.05) is 61.7 Å². The van der Waals surface area contributed by atoms with Gasteiger partial charge in [-0.3, -0.25) is 0 Å². The van der Waals surface area contributed by atoms with Gasteiger partial charge in [0.2, 0.25) is 0 Å². The molecule has 220 valence electrons. The first kappa shape index (κ1) is 45.0. The molecule has 1 fully saturated rings. The molecular formula is C30H60N2O5. The fraction of sp³-hybridized carbons (Fsp3) is 0.700. The van der Waals surface area contributed by atoms with Crippen molar-refractivity contribution in [1.29, 1.82) is 0 Å². The second-order valence-electron chi connectivity index (χ2n) is 6.96. The van der Waals surface area contributed by atoms with E-state index >= 15 is 0 Å². The number of rotatable bonds is 7. The zero-order chi connectivity index (χ0) is 29.7. The Kier molecular flexibility index (Phi) is 53.6. The van der Waals surface area contributed by atoms with E-state index in [0.29, 0.717) is 25.9 Å². The summed E-state index contributed by atoms with van der Waals surface area (Å²) < 4.78 is 24.6. The van der Waals surface area contributed by atoms with Gasteiger partial charge in [-0.15, -0.1) is 6.58 Å². The van der Waals surface area contributed by atoms with Crippen LogP contribution in [0.1, 0.15) is 67.0 Å². The fourth-order valence-electron chi connectivity index (χ4n) is 1.97. The Morgan fingerprint density at radius 3 is 1.86 bits per heavy atom. The maximum absolute atomic E-state index is 5.59. The molecule has 1 aliphatic heterocycles. The molecule has 0 radical (unpaired) electrons. The lowest BCUT2D eigenvalue weighted by Gasteiger charge is -2.35. The molecule has 37 heavy (non-hydrogen) atoms. The molecule has 2 heterocycles. The average molecular weight is 529 g/mol. The van der Waals surface area contributed by atoms with Crippen molar-refractivity contribution in [2.75, 3.05) is 75.5 Å². The molecule has 0 amide bonds. The maximum Gasteiger partial charge on any atom is 0.137 e.